The molecule has 0 radical (unpaired) electrons. The lowest BCUT2D eigenvalue weighted by Gasteiger charge is -2.29. The van der Waals surface area contributed by atoms with Crippen molar-refractivity contribution in [2.75, 3.05) is 20.0 Å². The van der Waals surface area contributed by atoms with E-state index in [1.54, 1.807) is 24.5 Å². The number of pyridine rings is 1. The van der Waals surface area contributed by atoms with Crippen LogP contribution in [0.5, 0.6) is 0 Å². The second-order valence-corrected chi connectivity index (χ2v) is 11.9. The van der Waals surface area contributed by atoms with E-state index in [0.717, 1.165) is 5.56 Å². The fraction of sp³-hybridized carbons (Fsp3) is 0.583. The number of hydrogen-bond acceptors (Lipinski definition) is 12. The molecule has 0 aliphatic heterocycles. The Kier molecular flexibility index (Phi) is 13.2. The molecule has 0 saturated carbocycles. The lowest BCUT2D eigenvalue weighted by Crippen LogP contribution is -2.35. The first-order valence-corrected chi connectivity index (χ1v) is 15.0. The average Bonchev–Trinajstić information content (AvgIpc) is 2.65. The van der Waals surface area contributed by atoms with Crippen molar-refractivity contribution < 1.29 is 51.3 Å². The number of nitrogens with zero attached hydrogens (tertiary/aromatic N) is 1. The normalized spacial score (nSPS) is 19.0. The van der Waals surface area contributed by atoms with Crippen LogP contribution in [0.2, 0.25) is 6.32 Å². The van der Waals surface area contributed by atoms with Gasteiger partial charge in [-0.05, 0) is 24.0 Å². The molecule has 4 N–H and O–H groups in total. The molecule has 0 spiro atoms. The molecule has 0 aromatic carbocycles. The standard InChI is InChI=1S/C12H23BNO11P3S2/c1-21-11(8-22-27(17,18)25-28(19,20)24-26(15)16)10(7-13)23-12(30-29-2)9-3-5-14-6-4-9/h3-6,10-12,15-16H,7-8,13H2,1-2H3,(H,17,18)(H,19,20). The second-order valence-electron chi connectivity index (χ2n) is 5.38. The molecule has 172 valence electrons. The van der Waals surface area contributed by atoms with Gasteiger partial charge in [0.25, 0.3) is 0 Å². The number of phosphoric acid groups is 2. The van der Waals surface area contributed by atoms with E-state index in [4.69, 9.17) is 23.8 Å². The van der Waals surface area contributed by atoms with E-state index in [1.807, 2.05) is 14.1 Å². The van der Waals surface area contributed by atoms with E-state index in [0.29, 0.717) is 6.32 Å². The predicted octanol–water partition coefficient (Wildman–Crippen LogP) is 2.01. The van der Waals surface area contributed by atoms with Gasteiger partial charge in [0.05, 0.1) is 12.7 Å². The molecule has 18 heteroatoms. The monoisotopic (exact) mass is 525 g/mol. The van der Waals surface area contributed by atoms with E-state index >= 15 is 0 Å². The first kappa shape index (κ1) is 28.5. The first-order chi connectivity index (χ1) is 14.0. The van der Waals surface area contributed by atoms with Gasteiger partial charge in [0.15, 0.2) is 0 Å². The second kappa shape index (κ2) is 13.9. The summed E-state index contributed by atoms with van der Waals surface area (Å²) in [6, 6.07) is 3.59. The number of phosphoric ester groups is 1. The van der Waals surface area contributed by atoms with E-state index in [-0.39, 0.29) is 5.44 Å². The summed E-state index contributed by atoms with van der Waals surface area (Å²) in [6.07, 6.45) is 4.19. The molecule has 5 atom stereocenters. The third kappa shape index (κ3) is 10.8. The van der Waals surface area contributed by atoms with Gasteiger partial charge >= 0.3 is 24.2 Å². The van der Waals surface area contributed by atoms with E-state index < -0.39 is 43.1 Å². The Morgan fingerprint density at radius 3 is 2.33 bits per heavy atom. The third-order valence-corrected chi connectivity index (χ3v) is 8.75. The highest BCUT2D eigenvalue weighted by Gasteiger charge is 2.38. The number of ether oxygens (including phenoxy) is 2. The van der Waals surface area contributed by atoms with Gasteiger partial charge in [0, 0.05) is 19.5 Å². The number of hydrogen-bond donors (Lipinski definition) is 4. The molecule has 0 aliphatic rings. The van der Waals surface area contributed by atoms with Crippen LogP contribution in [0.4, 0.5) is 0 Å². The molecular weight excluding hydrogens is 502 g/mol. The SMILES string of the molecule is BCC(OC(SSC)c1ccncc1)C(COP(=O)(O)OP(=O)(O)OP(O)O)OC. The Morgan fingerprint density at radius 1 is 1.20 bits per heavy atom. The molecule has 0 amide bonds. The summed E-state index contributed by atoms with van der Waals surface area (Å²) < 4.78 is 47.3. The maximum atomic E-state index is 11.9. The highest BCUT2D eigenvalue weighted by atomic mass is 33.1. The zero-order valence-corrected chi connectivity index (χ0v) is 20.5. The van der Waals surface area contributed by atoms with Gasteiger partial charge in [-0.3, -0.25) is 9.51 Å². The molecule has 30 heavy (non-hydrogen) atoms. The molecule has 1 aromatic heterocycles. The quantitative estimate of drug-likeness (QED) is 0.113. The fourth-order valence-electron chi connectivity index (χ4n) is 2.13. The minimum atomic E-state index is -5.23. The van der Waals surface area contributed by atoms with Gasteiger partial charge in [-0.2, -0.15) is 4.31 Å². The van der Waals surface area contributed by atoms with Gasteiger partial charge in [0.2, 0.25) is 0 Å². The highest BCUT2D eigenvalue weighted by molar-refractivity contribution is 8.76. The molecule has 12 nitrogen and oxygen atoms in total. The smallest absolute Gasteiger partial charge is 0.376 e. The lowest BCUT2D eigenvalue weighted by atomic mass is 9.96. The highest BCUT2D eigenvalue weighted by Crippen LogP contribution is 2.64. The van der Waals surface area contributed by atoms with E-state index in [2.05, 4.69) is 13.6 Å². The van der Waals surface area contributed by atoms with Crippen molar-refractivity contribution in [3.63, 3.8) is 0 Å². The molecular formula is C12H23BNO11P3S2. The Labute approximate surface area is 184 Å². The maximum absolute atomic E-state index is 11.9. The minimum absolute atomic E-state index is 0.387. The predicted molar refractivity (Wildman–Crippen MR) is 116 cm³/mol. The Balaban J connectivity index is 2.80. The van der Waals surface area contributed by atoms with Crippen molar-refractivity contribution in [3.8, 4) is 0 Å². The Morgan fingerprint density at radius 2 is 1.83 bits per heavy atom. The minimum Gasteiger partial charge on any atom is -0.376 e. The number of methoxy groups -OCH3 is 1. The molecule has 1 rings (SSSR count). The van der Waals surface area contributed by atoms with Crippen LogP contribution in [0.15, 0.2) is 24.5 Å². The molecule has 0 bridgehead atoms. The van der Waals surface area contributed by atoms with Crippen LogP contribution in [0.1, 0.15) is 11.0 Å². The summed E-state index contributed by atoms with van der Waals surface area (Å²) in [6.45, 7) is -0.525. The summed E-state index contributed by atoms with van der Waals surface area (Å²) >= 11 is 0. The van der Waals surface area contributed by atoms with Crippen LogP contribution in [-0.4, -0.2) is 64.6 Å². The molecule has 0 aliphatic carbocycles. The van der Waals surface area contributed by atoms with E-state index in [1.165, 1.54) is 28.7 Å². The zero-order chi connectivity index (χ0) is 22.8. The van der Waals surface area contributed by atoms with Crippen molar-refractivity contribution in [2.24, 2.45) is 0 Å². The topological polar surface area (TPSA) is 174 Å². The van der Waals surface area contributed by atoms with Crippen molar-refractivity contribution in [2.45, 2.75) is 24.0 Å². The Bertz CT molecular complexity index is 722. The average molecular weight is 525 g/mol. The summed E-state index contributed by atoms with van der Waals surface area (Å²) in [7, 11) is -7.53. The van der Waals surface area contributed by atoms with Crippen molar-refractivity contribution in [3.05, 3.63) is 30.1 Å². The largest absolute Gasteiger partial charge is 0.487 e. The molecule has 0 saturated heterocycles. The molecule has 5 unspecified atom stereocenters. The van der Waals surface area contributed by atoms with Crippen molar-refractivity contribution in [1.82, 2.24) is 4.98 Å². The first-order valence-electron chi connectivity index (χ1n) is 8.20. The third-order valence-electron chi connectivity index (χ3n) is 3.36. The van der Waals surface area contributed by atoms with Gasteiger partial charge < -0.3 is 29.0 Å². The summed E-state index contributed by atoms with van der Waals surface area (Å²) in [5.41, 5.74) is 0.472. The van der Waals surface area contributed by atoms with Crippen molar-refractivity contribution in [1.29, 1.82) is 0 Å². The summed E-state index contributed by atoms with van der Waals surface area (Å²) in [4.78, 5) is 40.0. The van der Waals surface area contributed by atoms with Crippen LogP contribution in [0, 0.1) is 0 Å². The van der Waals surface area contributed by atoms with Crippen LogP contribution >= 0.6 is 45.8 Å². The molecule has 1 aromatic rings. The van der Waals surface area contributed by atoms with Gasteiger partial charge in [-0.15, -0.1) is 0 Å². The van der Waals surface area contributed by atoms with E-state index in [9.17, 15) is 18.9 Å². The van der Waals surface area contributed by atoms with Crippen LogP contribution < -0.4 is 0 Å². The van der Waals surface area contributed by atoms with Gasteiger partial charge in [-0.1, -0.05) is 27.9 Å². The number of aromatic nitrogens is 1. The van der Waals surface area contributed by atoms with Gasteiger partial charge in [-0.25, -0.2) is 13.4 Å². The van der Waals surface area contributed by atoms with Crippen molar-refractivity contribution >= 4 is 53.7 Å². The fourth-order valence-corrected chi connectivity index (χ4v) is 6.44. The van der Waals surface area contributed by atoms with Gasteiger partial charge in [0.1, 0.15) is 19.4 Å². The van der Waals surface area contributed by atoms with Crippen LogP contribution in [-0.2, 0) is 31.7 Å². The summed E-state index contributed by atoms with van der Waals surface area (Å²) in [5, 5.41) is 0. The lowest BCUT2D eigenvalue weighted by molar-refractivity contribution is -0.0743. The van der Waals surface area contributed by atoms with Crippen LogP contribution in [0.3, 0.4) is 0 Å². The summed E-state index contributed by atoms with van der Waals surface area (Å²) in [5.74, 6) is 0. The van der Waals surface area contributed by atoms with Crippen LogP contribution in [0.25, 0.3) is 0 Å². The maximum Gasteiger partial charge on any atom is 0.487 e. The number of rotatable bonds is 15. The molecule has 0 fully saturated rings. The zero-order valence-electron chi connectivity index (χ0n) is 16.2. The molecule has 1 heterocycles. The Hall–Kier alpha value is 0.445.